The number of hydrogen-bond acceptors (Lipinski definition) is 2. The molecule has 0 heterocycles. The lowest BCUT2D eigenvalue weighted by molar-refractivity contribution is -0.151. The summed E-state index contributed by atoms with van der Waals surface area (Å²) in [6.07, 6.45) is 3.85. The molecule has 0 rings (SSSR count). The largest absolute Gasteiger partial charge is 0.462 e. The van der Waals surface area contributed by atoms with Gasteiger partial charge in [0.15, 0.2) is 0 Å². The molecular formula is C13H26O2. The zero-order valence-electron chi connectivity index (χ0n) is 10.9. The fraction of sp³-hybridized carbons (Fsp3) is 0.923. The topological polar surface area (TPSA) is 26.3 Å². The average molecular weight is 214 g/mol. The first-order valence-electron chi connectivity index (χ1n) is 6.22. The van der Waals surface area contributed by atoms with Crippen molar-refractivity contribution < 1.29 is 9.53 Å². The molecule has 0 aromatic rings. The van der Waals surface area contributed by atoms with Crippen LogP contribution in [0.2, 0.25) is 0 Å². The van der Waals surface area contributed by atoms with E-state index in [0.717, 1.165) is 6.42 Å². The van der Waals surface area contributed by atoms with Crippen molar-refractivity contribution >= 4 is 5.97 Å². The molecule has 0 spiro atoms. The molecule has 90 valence electrons. The van der Waals surface area contributed by atoms with Gasteiger partial charge in [-0.2, -0.15) is 0 Å². The van der Waals surface area contributed by atoms with Gasteiger partial charge in [0.1, 0.15) is 6.10 Å². The highest BCUT2D eigenvalue weighted by Crippen LogP contribution is 2.22. The second kappa shape index (κ2) is 7.72. The van der Waals surface area contributed by atoms with Crippen molar-refractivity contribution in [2.45, 2.75) is 66.4 Å². The van der Waals surface area contributed by atoms with Gasteiger partial charge in [0, 0.05) is 6.42 Å². The molecule has 15 heavy (non-hydrogen) atoms. The predicted molar refractivity (Wildman–Crippen MR) is 63.7 cm³/mol. The van der Waals surface area contributed by atoms with Crippen LogP contribution in [0.3, 0.4) is 0 Å². The van der Waals surface area contributed by atoms with Gasteiger partial charge in [-0.05, 0) is 25.2 Å². The molecule has 0 radical (unpaired) electrons. The normalized spacial score (nSPS) is 16.9. The molecule has 0 bridgehead atoms. The second-order valence-corrected chi connectivity index (χ2v) is 4.57. The zero-order chi connectivity index (χ0) is 11.8. The van der Waals surface area contributed by atoms with Gasteiger partial charge in [-0.25, -0.2) is 0 Å². The summed E-state index contributed by atoms with van der Waals surface area (Å²) in [4.78, 5) is 11.3. The van der Waals surface area contributed by atoms with Gasteiger partial charge in [0.05, 0.1) is 0 Å². The van der Waals surface area contributed by atoms with Crippen molar-refractivity contribution in [1.82, 2.24) is 0 Å². The predicted octanol–water partition coefficient (Wildman–Crippen LogP) is 3.79. The summed E-state index contributed by atoms with van der Waals surface area (Å²) in [6, 6.07) is 0. The molecular weight excluding hydrogens is 188 g/mol. The van der Waals surface area contributed by atoms with E-state index in [2.05, 4.69) is 20.8 Å². The third kappa shape index (κ3) is 5.81. The first-order valence-corrected chi connectivity index (χ1v) is 6.22. The molecule has 0 saturated heterocycles. The molecule has 0 fully saturated rings. The summed E-state index contributed by atoms with van der Waals surface area (Å²) in [7, 11) is 0. The van der Waals surface area contributed by atoms with Crippen LogP contribution in [-0.2, 0) is 9.53 Å². The van der Waals surface area contributed by atoms with E-state index in [4.69, 9.17) is 4.74 Å². The van der Waals surface area contributed by atoms with Crippen molar-refractivity contribution in [3.8, 4) is 0 Å². The third-order valence-corrected chi connectivity index (χ3v) is 3.15. The van der Waals surface area contributed by atoms with Gasteiger partial charge in [0.25, 0.3) is 0 Å². The summed E-state index contributed by atoms with van der Waals surface area (Å²) in [5.41, 5.74) is 0. The van der Waals surface area contributed by atoms with Crippen LogP contribution < -0.4 is 0 Å². The minimum Gasteiger partial charge on any atom is -0.462 e. The van der Waals surface area contributed by atoms with Crippen LogP contribution in [0.25, 0.3) is 0 Å². The van der Waals surface area contributed by atoms with E-state index in [1.54, 1.807) is 0 Å². The standard InChI is InChI=1S/C13H26O2/c1-6-8-10(3)11(4)12(5)15-13(14)9-7-2/h10-12H,6-9H2,1-5H3. The maximum absolute atomic E-state index is 11.3. The maximum Gasteiger partial charge on any atom is 0.306 e. The van der Waals surface area contributed by atoms with Crippen LogP contribution in [0.15, 0.2) is 0 Å². The molecule has 0 aromatic carbocycles. The Morgan fingerprint density at radius 2 is 1.73 bits per heavy atom. The molecule has 0 saturated carbocycles. The van der Waals surface area contributed by atoms with Crippen molar-refractivity contribution in [1.29, 1.82) is 0 Å². The van der Waals surface area contributed by atoms with E-state index >= 15 is 0 Å². The second-order valence-electron chi connectivity index (χ2n) is 4.57. The van der Waals surface area contributed by atoms with E-state index in [-0.39, 0.29) is 12.1 Å². The Balaban J connectivity index is 3.96. The Labute approximate surface area is 94.4 Å². The van der Waals surface area contributed by atoms with Gasteiger partial charge in [-0.1, -0.05) is 40.5 Å². The number of hydrogen-bond donors (Lipinski definition) is 0. The number of esters is 1. The molecule has 2 nitrogen and oxygen atoms in total. The molecule has 0 aliphatic carbocycles. The van der Waals surface area contributed by atoms with Gasteiger partial charge in [-0.3, -0.25) is 4.79 Å². The first-order chi connectivity index (χ1) is 7.02. The van der Waals surface area contributed by atoms with Gasteiger partial charge < -0.3 is 4.74 Å². The Morgan fingerprint density at radius 3 is 2.20 bits per heavy atom. The van der Waals surface area contributed by atoms with Gasteiger partial charge in [-0.15, -0.1) is 0 Å². The number of carbonyl (C=O) groups excluding carboxylic acids is 1. The number of rotatable bonds is 7. The van der Waals surface area contributed by atoms with E-state index in [9.17, 15) is 4.79 Å². The summed E-state index contributed by atoms with van der Waals surface area (Å²) < 4.78 is 5.38. The molecule has 0 aromatic heterocycles. The zero-order valence-corrected chi connectivity index (χ0v) is 10.9. The fourth-order valence-electron chi connectivity index (χ4n) is 1.76. The molecule has 2 heteroatoms. The summed E-state index contributed by atoms with van der Waals surface area (Å²) in [6.45, 7) is 10.6. The summed E-state index contributed by atoms with van der Waals surface area (Å²) >= 11 is 0. The van der Waals surface area contributed by atoms with Crippen molar-refractivity contribution in [2.24, 2.45) is 11.8 Å². The van der Waals surface area contributed by atoms with Crippen LogP contribution in [0.1, 0.15) is 60.3 Å². The molecule has 3 unspecified atom stereocenters. The number of ether oxygens (including phenoxy) is 1. The van der Waals surface area contributed by atoms with E-state index < -0.39 is 0 Å². The van der Waals surface area contributed by atoms with E-state index in [1.165, 1.54) is 12.8 Å². The molecule has 0 N–H and O–H groups in total. The first kappa shape index (κ1) is 14.5. The lowest BCUT2D eigenvalue weighted by Crippen LogP contribution is -2.26. The molecule has 3 atom stereocenters. The molecule has 0 aliphatic heterocycles. The minimum atomic E-state index is -0.0550. The van der Waals surface area contributed by atoms with Crippen LogP contribution in [0, 0.1) is 11.8 Å². The Kier molecular flexibility index (Phi) is 7.45. The highest BCUT2D eigenvalue weighted by molar-refractivity contribution is 5.69. The van der Waals surface area contributed by atoms with Crippen molar-refractivity contribution in [3.63, 3.8) is 0 Å². The Bertz CT molecular complexity index is 177. The lowest BCUT2D eigenvalue weighted by atomic mass is 9.88. The smallest absolute Gasteiger partial charge is 0.306 e. The summed E-state index contributed by atoms with van der Waals surface area (Å²) in [5, 5.41) is 0. The minimum absolute atomic E-state index is 0.0469. The van der Waals surface area contributed by atoms with Crippen molar-refractivity contribution in [3.05, 3.63) is 0 Å². The monoisotopic (exact) mass is 214 g/mol. The van der Waals surface area contributed by atoms with Crippen LogP contribution in [-0.4, -0.2) is 12.1 Å². The van der Waals surface area contributed by atoms with E-state index in [0.29, 0.717) is 18.3 Å². The molecule has 0 amide bonds. The fourth-order valence-corrected chi connectivity index (χ4v) is 1.76. The van der Waals surface area contributed by atoms with Gasteiger partial charge in [0.2, 0.25) is 0 Å². The Hall–Kier alpha value is -0.530. The quantitative estimate of drug-likeness (QED) is 0.603. The van der Waals surface area contributed by atoms with Crippen LogP contribution >= 0.6 is 0 Å². The SMILES string of the molecule is CCCC(=O)OC(C)C(C)C(C)CCC. The highest BCUT2D eigenvalue weighted by atomic mass is 16.5. The molecule has 0 aliphatic rings. The van der Waals surface area contributed by atoms with Crippen LogP contribution in [0.5, 0.6) is 0 Å². The van der Waals surface area contributed by atoms with Crippen molar-refractivity contribution in [2.75, 3.05) is 0 Å². The maximum atomic E-state index is 11.3. The summed E-state index contributed by atoms with van der Waals surface area (Å²) in [5.74, 6) is 1.02. The Morgan fingerprint density at radius 1 is 1.13 bits per heavy atom. The van der Waals surface area contributed by atoms with Crippen LogP contribution in [0.4, 0.5) is 0 Å². The lowest BCUT2D eigenvalue weighted by Gasteiger charge is -2.25. The van der Waals surface area contributed by atoms with E-state index in [1.807, 2.05) is 13.8 Å². The van der Waals surface area contributed by atoms with Gasteiger partial charge >= 0.3 is 5.97 Å². The highest BCUT2D eigenvalue weighted by Gasteiger charge is 2.21. The number of carbonyl (C=O) groups is 1. The third-order valence-electron chi connectivity index (χ3n) is 3.15. The average Bonchev–Trinajstić information content (AvgIpc) is 2.17.